The van der Waals surface area contributed by atoms with Gasteiger partial charge in [0.15, 0.2) is 6.29 Å². The lowest BCUT2D eigenvalue weighted by Gasteiger charge is -2.40. The van der Waals surface area contributed by atoms with Crippen molar-refractivity contribution in [1.82, 2.24) is 5.32 Å². The maximum Gasteiger partial charge on any atom is 0.220 e. The molecule has 1 amide bonds. The second kappa shape index (κ2) is 51.4. The Morgan fingerprint density at radius 3 is 1.16 bits per heavy atom. The molecule has 1 aliphatic rings. The van der Waals surface area contributed by atoms with Gasteiger partial charge in [-0.2, -0.15) is 0 Å². The second-order valence-electron chi connectivity index (χ2n) is 21.9. The maximum absolute atomic E-state index is 13.1. The van der Waals surface area contributed by atoms with E-state index in [0.29, 0.717) is 12.8 Å². The fraction of sp³-hybridized carbons (Fsp3) is 0.951. The van der Waals surface area contributed by atoms with Crippen molar-refractivity contribution in [2.24, 2.45) is 0 Å². The number of aliphatic hydroxyl groups is 5. The van der Waals surface area contributed by atoms with Crippen molar-refractivity contribution in [3.8, 4) is 0 Å². The molecule has 0 aromatic rings. The van der Waals surface area contributed by atoms with Crippen LogP contribution in [0.25, 0.3) is 0 Å². The zero-order chi connectivity index (χ0) is 50.8. The SMILES string of the molecule is CCCCCCCCCCCCCC/C=C\CCCCCCCCCC(=O)NC(COC1OC(CO)C(O)C(O)C1O)C(O)CCCCCCCCCCCCCCCCCCCCCCCCCC. The summed E-state index contributed by atoms with van der Waals surface area (Å²) in [7, 11) is 0. The molecule has 7 atom stereocenters. The minimum atomic E-state index is -1.55. The molecule has 0 aromatic carbocycles. The van der Waals surface area contributed by atoms with E-state index in [2.05, 4.69) is 31.3 Å². The van der Waals surface area contributed by atoms with Gasteiger partial charge in [0.2, 0.25) is 5.91 Å². The van der Waals surface area contributed by atoms with Gasteiger partial charge >= 0.3 is 0 Å². The number of carbonyl (C=O) groups is 1. The van der Waals surface area contributed by atoms with Crippen LogP contribution in [0.1, 0.15) is 316 Å². The van der Waals surface area contributed by atoms with Gasteiger partial charge in [-0.05, 0) is 38.5 Å². The number of allylic oxidation sites excluding steroid dienone is 2. The Kier molecular flexibility index (Phi) is 49.2. The fourth-order valence-corrected chi connectivity index (χ4v) is 10.2. The number of hydrogen-bond acceptors (Lipinski definition) is 8. The van der Waals surface area contributed by atoms with E-state index in [1.165, 1.54) is 250 Å². The Balaban J connectivity index is 2.18. The first-order valence-corrected chi connectivity index (χ1v) is 30.9. The van der Waals surface area contributed by atoms with Crippen molar-refractivity contribution >= 4 is 5.91 Å². The molecule has 1 rings (SSSR count). The van der Waals surface area contributed by atoms with E-state index >= 15 is 0 Å². The lowest BCUT2D eigenvalue weighted by Crippen LogP contribution is -2.60. The predicted molar refractivity (Wildman–Crippen MR) is 295 cm³/mol. The molecule has 0 aliphatic carbocycles. The van der Waals surface area contributed by atoms with Gasteiger partial charge < -0.3 is 40.3 Å². The third-order valence-corrected chi connectivity index (χ3v) is 15.1. The van der Waals surface area contributed by atoms with E-state index in [-0.39, 0.29) is 12.5 Å². The number of ether oxygens (including phenoxy) is 2. The Hall–Kier alpha value is -1.07. The number of amides is 1. The first-order valence-electron chi connectivity index (χ1n) is 30.9. The average Bonchev–Trinajstić information content (AvgIpc) is 3.36. The molecular weight excluding hydrogens is 875 g/mol. The summed E-state index contributed by atoms with van der Waals surface area (Å²) in [6.45, 7) is 3.89. The van der Waals surface area contributed by atoms with Crippen LogP contribution < -0.4 is 5.32 Å². The first-order chi connectivity index (χ1) is 34.3. The summed E-state index contributed by atoms with van der Waals surface area (Å²) in [5, 5.41) is 54.8. The topological polar surface area (TPSA) is 149 Å². The highest BCUT2D eigenvalue weighted by atomic mass is 16.7. The molecule has 6 N–H and O–H groups in total. The fourth-order valence-electron chi connectivity index (χ4n) is 10.2. The summed E-state index contributed by atoms with van der Waals surface area (Å²) in [6.07, 6.45) is 56.8. The van der Waals surface area contributed by atoms with Crippen LogP contribution in [-0.2, 0) is 14.3 Å². The highest BCUT2D eigenvalue weighted by molar-refractivity contribution is 5.76. The van der Waals surface area contributed by atoms with Gasteiger partial charge in [-0.15, -0.1) is 0 Å². The molecule has 0 radical (unpaired) electrons. The molecule has 0 saturated carbocycles. The second-order valence-corrected chi connectivity index (χ2v) is 21.9. The average molecular weight is 995 g/mol. The number of nitrogens with one attached hydrogen (secondary N) is 1. The van der Waals surface area contributed by atoms with E-state index in [1.54, 1.807) is 0 Å². The Morgan fingerprint density at radius 2 is 0.800 bits per heavy atom. The number of unbranched alkanes of at least 4 members (excludes halogenated alkanes) is 42. The van der Waals surface area contributed by atoms with Gasteiger partial charge in [-0.3, -0.25) is 4.79 Å². The number of rotatable bonds is 54. The molecule has 7 unspecified atom stereocenters. The minimum absolute atomic E-state index is 0.135. The molecule has 1 heterocycles. The Bertz CT molecular complexity index is 1110. The van der Waals surface area contributed by atoms with Gasteiger partial charge in [-0.25, -0.2) is 0 Å². The standard InChI is InChI=1S/C61H119NO8/c1-3-5-7-9-11-13-15-17-19-21-23-25-27-29-30-32-34-36-38-40-42-44-46-48-50-55(64)54(53-69-61-60(68)59(67)58(66)56(52-63)70-61)62-57(65)51-49-47-45-43-41-39-37-35-33-31-28-26-24-22-20-18-16-14-12-10-8-6-4-2/h31,33,54-56,58-61,63-64,66-68H,3-30,32,34-53H2,1-2H3,(H,62,65)/b33-31-. The monoisotopic (exact) mass is 994 g/mol. The van der Waals surface area contributed by atoms with Crippen molar-refractivity contribution in [3.63, 3.8) is 0 Å². The molecule has 1 fully saturated rings. The summed E-state index contributed by atoms with van der Waals surface area (Å²) >= 11 is 0. The van der Waals surface area contributed by atoms with Crippen LogP contribution in [0.4, 0.5) is 0 Å². The van der Waals surface area contributed by atoms with Crippen LogP contribution >= 0.6 is 0 Å². The minimum Gasteiger partial charge on any atom is -0.394 e. The van der Waals surface area contributed by atoms with Gasteiger partial charge in [-0.1, -0.05) is 283 Å². The van der Waals surface area contributed by atoms with Gasteiger partial charge in [0.25, 0.3) is 0 Å². The Labute approximate surface area is 433 Å². The summed E-state index contributed by atoms with van der Waals surface area (Å²) in [5.41, 5.74) is 0. The van der Waals surface area contributed by atoms with E-state index in [4.69, 9.17) is 9.47 Å². The number of hydrogen-bond donors (Lipinski definition) is 6. The molecule has 0 bridgehead atoms. The van der Waals surface area contributed by atoms with Gasteiger partial charge in [0.1, 0.15) is 24.4 Å². The quantitative estimate of drug-likeness (QED) is 0.0261. The molecule has 0 spiro atoms. The zero-order valence-corrected chi connectivity index (χ0v) is 46.3. The third-order valence-electron chi connectivity index (χ3n) is 15.1. The van der Waals surface area contributed by atoms with E-state index in [0.717, 1.165) is 38.5 Å². The molecule has 416 valence electrons. The van der Waals surface area contributed by atoms with Crippen molar-refractivity contribution in [1.29, 1.82) is 0 Å². The lowest BCUT2D eigenvalue weighted by molar-refractivity contribution is -0.302. The maximum atomic E-state index is 13.1. The summed E-state index contributed by atoms with van der Waals surface area (Å²) in [4.78, 5) is 13.1. The summed E-state index contributed by atoms with van der Waals surface area (Å²) in [6, 6.07) is -0.719. The van der Waals surface area contributed by atoms with E-state index < -0.39 is 49.5 Å². The van der Waals surface area contributed by atoms with Crippen molar-refractivity contribution in [2.45, 2.75) is 358 Å². The number of aliphatic hydroxyl groups excluding tert-OH is 5. The molecule has 1 aliphatic heterocycles. The predicted octanol–water partition coefficient (Wildman–Crippen LogP) is 15.6. The van der Waals surface area contributed by atoms with E-state index in [1.807, 2.05) is 0 Å². The normalized spacial score (nSPS) is 19.3. The summed E-state index contributed by atoms with van der Waals surface area (Å²) in [5.74, 6) is -0.142. The molecule has 0 aromatic heterocycles. The van der Waals surface area contributed by atoms with Gasteiger partial charge in [0, 0.05) is 6.42 Å². The van der Waals surface area contributed by atoms with Crippen LogP contribution in [0.5, 0.6) is 0 Å². The van der Waals surface area contributed by atoms with Crippen LogP contribution in [0, 0.1) is 0 Å². The van der Waals surface area contributed by atoms with Crippen LogP contribution in [0.2, 0.25) is 0 Å². The molecular formula is C61H119NO8. The van der Waals surface area contributed by atoms with Crippen molar-refractivity contribution in [2.75, 3.05) is 13.2 Å². The lowest BCUT2D eigenvalue weighted by atomic mass is 9.99. The molecule has 9 nitrogen and oxygen atoms in total. The first kappa shape index (κ1) is 66.9. The van der Waals surface area contributed by atoms with Gasteiger partial charge in [0.05, 0.1) is 25.4 Å². The van der Waals surface area contributed by atoms with Crippen LogP contribution in [0.15, 0.2) is 12.2 Å². The molecule has 1 saturated heterocycles. The van der Waals surface area contributed by atoms with Crippen molar-refractivity contribution < 1.29 is 39.8 Å². The highest BCUT2D eigenvalue weighted by Crippen LogP contribution is 2.23. The smallest absolute Gasteiger partial charge is 0.220 e. The van der Waals surface area contributed by atoms with Crippen molar-refractivity contribution in [3.05, 3.63) is 12.2 Å². The largest absolute Gasteiger partial charge is 0.394 e. The Morgan fingerprint density at radius 1 is 0.471 bits per heavy atom. The highest BCUT2D eigenvalue weighted by Gasteiger charge is 2.44. The molecule has 9 heteroatoms. The number of carbonyl (C=O) groups excluding carboxylic acids is 1. The van der Waals surface area contributed by atoms with E-state index in [9.17, 15) is 30.3 Å². The van der Waals surface area contributed by atoms with Crippen LogP contribution in [0.3, 0.4) is 0 Å². The molecule has 70 heavy (non-hydrogen) atoms. The third kappa shape index (κ3) is 40.3. The van der Waals surface area contributed by atoms with Crippen LogP contribution in [-0.4, -0.2) is 87.5 Å². The zero-order valence-electron chi connectivity index (χ0n) is 46.3. The summed E-state index contributed by atoms with van der Waals surface area (Å²) < 4.78 is 11.3.